The third kappa shape index (κ3) is 2.06. The molecule has 0 aliphatic carbocycles. The molecule has 0 bridgehead atoms. The summed E-state index contributed by atoms with van der Waals surface area (Å²) in [5, 5.41) is 9.77. The van der Waals surface area contributed by atoms with Crippen LogP contribution in [0.5, 0.6) is 5.75 Å². The number of ether oxygens (including phenoxy) is 1. The average Bonchev–Trinajstić information content (AvgIpc) is 2.38. The quantitative estimate of drug-likeness (QED) is 0.917. The Morgan fingerprint density at radius 3 is 2.74 bits per heavy atom. The molecule has 1 heterocycles. The third-order valence-electron chi connectivity index (χ3n) is 3.23. The Hall–Kier alpha value is -1.99. The maximum atomic E-state index is 12.5. The van der Waals surface area contributed by atoms with Crippen LogP contribution < -0.4 is 10.2 Å². The van der Waals surface area contributed by atoms with Gasteiger partial charge in [-0.15, -0.1) is 0 Å². The lowest BCUT2D eigenvalue weighted by molar-refractivity contribution is 0.418. The summed E-state index contributed by atoms with van der Waals surface area (Å²) in [6.07, 6.45) is 0.0748. The van der Waals surface area contributed by atoms with Crippen LogP contribution >= 0.6 is 11.6 Å². The van der Waals surface area contributed by atoms with Crippen molar-refractivity contribution >= 4 is 22.5 Å². The van der Waals surface area contributed by atoms with E-state index in [9.17, 15) is 4.79 Å². The molecule has 0 spiro atoms. The number of benzene rings is 1. The van der Waals surface area contributed by atoms with E-state index in [0.717, 1.165) is 0 Å². The van der Waals surface area contributed by atoms with E-state index in [-0.39, 0.29) is 11.8 Å². The van der Waals surface area contributed by atoms with Crippen LogP contribution in [0.15, 0.2) is 10.9 Å². The van der Waals surface area contributed by atoms with Gasteiger partial charge in [0.1, 0.15) is 5.75 Å². The number of fused-ring (bicyclic) bond motifs is 1. The van der Waals surface area contributed by atoms with Crippen molar-refractivity contribution in [3.63, 3.8) is 0 Å². The molecule has 0 atom stereocenters. The highest BCUT2D eigenvalue weighted by molar-refractivity contribution is 6.32. The molecular formula is C14H13ClN2O2. The number of hydrogen-bond acceptors (Lipinski definition) is 3. The van der Waals surface area contributed by atoms with Gasteiger partial charge in [-0.1, -0.05) is 11.6 Å². The second kappa shape index (κ2) is 4.94. The average molecular weight is 277 g/mol. The molecule has 2 rings (SSSR count). The molecule has 0 saturated carbocycles. The SMILES string of the molecule is COc1cc(Cl)c(C)c2c(=O)c(CC#N)c(C)[nH]c12. The van der Waals surface area contributed by atoms with Gasteiger partial charge in [0, 0.05) is 22.3 Å². The molecule has 98 valence electrons. The number of aromatic amines is 1. The predicted octanol–water partition coefficient (Wildman–Crippen LogP) is 2.87. The molecule has 0 aliphatic rings. The number of rotatable bonds is 2. The Balaban J connectivity index is 3.01. The zero-order valence-corrected chi connectivity index (χ0v) is 11.7. The molecule has 1 aromatic carbocycles. The number of aromatic nitrogens is 1. The first-order valence-electron chi connectivity index (χ1n) is 5.76. The van der Waals surface area contributed by atoms with Gasteiger partial charge in [0.15, 0.2) is 5.43 Å². The number of nitrogens with zero attached hydrogens (tertiary/aromatic N) is 1. The van der Waals surface area contributed by atoms with Gasteiger partial charge < -0.3 is 9.72 Å². The number of aryl methyl sites for hydroxylation is 2. The van der Waals surface area contributed by atoms with Crippen LogP contribution in [0.4, 0.5) is 0 Å². The number of pyridine rings is 1. The molecule has 0 radical (unpaired) electrons. The highest BCUT2D eigenvalue weighted by atomic mass is 35.5. The van der Waals surface area contributed by atoms with Crippen molar-refractivity contribution < 1.29 is 4.74 Å². The molecule has 0 saturated heterocycles. The van der Waals surface area contributed by atoms with Crippen molar-refractivity contribution in [1.82, 2.24) is 4.98 Å². The number of nitrogens with one attached hydrogen (secondary N) is 1. The molecule has 2 aromatic rings. The van der Waals surface area contributed by atoms with Crippen molar-refractivity contribution in [3.05, 3.63) is 38.1 Å². The van der Waals surface area contributed by atoms with E-state index in [1.807, 2.05) is 6.07 Å². The topological polar surface area (TPSA) is 65.9 Å². The van der Waals surface area contributed by atoms with Crippen molar-refractivity contribution in [2.45, 2.75) is 20.3 Å². The third-order valence-corrected chi connectivity index (χ3v) is 3.62. The Morgan fingerprint density at radius 1 is 1.47 bits per heavy atom. The Labute approximate surface area is 115 Å². The van der Waals surface area contributed by atoms with Gasteiger partial charge in [-0.25, -0.2) is 0 Å². The summed E-state index contributed by atoms with van der Waals surface area (Å²) in [5.74, 6) is 0.523. The van der Waals surface area contributed by atoms with Gasteiger partial charge in [0.05, 0.1) is 30.5 Å². The van der Waals surface area contributed by atoms with E-state index in [2.05, 4.69) is 4.98 Å². The van der Waals surface area contributed by atoms with E-state index in [0.29, 0.717) is 38.5 Å². The van der Waals surface area contributed by atoms with Crippen molar-refractivity contribution in [1.29, 1.82) is 5.26 Å². The van der Waals surface area contributed by atoms with Crippen LogP contribution in [0.1, 0.15) is 16.8 Å². The molecule has 1 N–H and O–H groups in total. The van der Waals surface area contributed by atoms with Gasteiger partial charge >= 0.3 is 0 Å². The van der Waals surface area contributed by atoms with Gasteiger partial charge in [0.2, 0.25) is 0 Å². The molecule has 5 heteroatoms. The van der Waals surface area contributed by atoms with Crippen LogP contribution in [0.2, 0.25) is 5.02 Å². The fourth-order valence-electron chi connectivity index (χ4n) is 2.17. The molecule has 4 nitrogen and oxygen atoms in total. The normalized spacial score (nSPS) is 10.5. The smallest absolute Gasteiger partial charge is 0.194 e. The Kier molecular flexibility index (Phi) is 3.50. The lowest BCUT2D eigenvalue weighted by Gasteiger charge is -2.12. The van der Waals surface area contributed by atoms with Crippen molar-refractivity contribution in [3.8, 4) is 11.8 Å². The predicted molar refractivity (Wildman–Crippen MR) is 74.9 cm³/mol. The summed E-state index contributed by atoms with van der Waals surface area (Å²) < 4.78 is 5.25. The fraction of sp³-hybridized carbons (Fsp3) is 0.286. The molecular weight excluding hydrogens is 264 g/mol. The molecule has 0 fully saturated rings. The minimum atomic E-state index is -0.161. The van der Waals surface area contributed by atoms with Crippen LogP contribution in [-0.2, 0) is 6.42 Å². The highest BCUT2D eigenvalue weighted by Crippen LogP contribution is 2.31. The van der Waals surface area contributed by atoms with E-state index in [1.54, 1.807) is 19.9 Å². The maximum Gasteiger partial charge on any atom is 0.194 e. The molecule has 0 aliphatic heterocycles. The highest BCUT2D eigenvalue weighted by Gasteiger charge is 2.16. The summed E-state index contributed by atoms with van der Waals surface area (Å²) in [5.41, 5.74) is 2.30. The summed E-state index contributed by atoms with van der Waals surface area (Å²) >= 11 is 6.11. The lowest BCUT2D eigenvalue weighted by atomic mass is 10.0. The first-order chi connectivity index (χ1) is 9.01. The number of hydrogen-bond donors (Lipinski definition) is 1. The second-order valence-corrected chi connectivity index (χ2v) is 4.74. The summed E-state index contributed by atoms with van der Waals surface area (Å²) in [6, 6.07) is 3.69. The molecule has 0 amide bonds. The zero-order valence-electron chi connectivity index (χ0n) is 10.9. The number of H-pyrrole nitrogens is 1. The van der Waals surface area contributed by atoms with E-state index >= 15 is 0 Å². The van der Waals surface area contributed by atoms with E-state index < -0.39 is 0 Å². The zero-order chi connectivity index (χ0) is 14.2. The number of halogens is 1. The van der Waals surface area contributed by atoms with E-state index in [1.165, 1.54) is 7.11 Å². The Bertz CT molecular complexity index is 757. The van der Waals surface area contributed by atoms with Gasteiger partial charge in [-0.2, -0.15) is 5.26 Å². The second-order valence-electron chi connectivity index (χ2n) is 4.33. The van der Waals surface area contributed by atoms with Gasteiger partial charge in [-0.05, 0) is 19.4 Å². The fourth-order valence-corrected chi connectivity index (χ4v) is 2.36. The van der Waals surface area contributed by atoms with Crippen molar-refractivity contribution in [2.24, 2.45) is 0 Å². The standard InChI is InChI=1S/C14H13ClN2O2/c1-7-10(15)6-11(19-3)13-12(7)14(18)9(4-5-16)8(2)17-13/h6H,4H2,1-3H3,(H,17,18). The maximum absolute atomic E-state index is 12.5. The molecule has 1 aromatic heterocycles. The van der Waals surface area contributed by atoms with Gasteiger partial charge in [0.25, 0.3) is 0 Å². The van der Waals surface area contributed by atoms with Crippen LogP contribution in [-0.4, -0.2) is 12.1 Å². The minimum absolute atomic E-state index is 0.0748. The minimum Gasteiger partial charge on any atom is -0.494 e. The van der Waals surface area contributed by atoms with E-state index in [4.69, 9.17) is 21.6 Å². The van der Waals surface area contributed by atoms with Crippen molar-refractivity contribution in [2.75, 3.05) is 7.11 Å². The summed E-state index contributed by atoms with van der Waals surface area (Å²) in [6.45, 7) is 3.56. The monoisotopic (exact) mass is 276 g/mol. The molecule has 0 unspecified atom stereocenters. The number of methoxy groups -OCH3 is 1. The van der Waals surface area contributed by atoms with Crippen LogP contribution in [0.25, 0.3) is 10.9 Å². The van der Waals surface area contributed by atoms with Crippen LogP contribution in [0.3, 0.4) is 0 Å². The lowest BCUT2D eigenvalue weighted by Crippen LogP contribution is -2.14. The number of nitriles is 1. The summed E-state index contributed by atoms with van der Waals surface area (Å²) in [4.78, 5) is 15.6. The first-order valence-corrected chi connectivity index (χ1v) is 6.14. The largest absolute Gasteiger partial charge is 0.494 e. The summed E-state index contributed by atoms with van der Waals surface area (Å²) in [7, 11) is 1.53. The first kappa shape index (κ1) is 13.4. The van der Waals surface area contributed by atoms with Gasteiger partial charge in [-0.3, -0.25) is 4.79 Å². The Morgan fingerprint density at radius 2 is 2.16 bits per heavy atom. The van der Waals surface area contributed by atoms with Crippen LogP contribution in [0, 0.1) is 25.2 Å². The molecule has 19 heavy (non-hydrogen) atoms.